The average Bonchev–Trinajstić information content (AvgIpc) is 3.09. The number of allylic oxidation sites excluding steroid dienone is 2. The molecule has 2 nitrogen and oxygen atoms in total. The van der Waals surface area contributed by atoms with Crippen LogP contribution in [0.4, 0.5) is 13.2 Å². The van der Waals surface area contributed by atoms with Gasteiger partial charge in [-0.2, -0.15) is 13.2 Å². The van der Waals surface area contributed by atoms with Crippen molar-refractivity contribution in [2.45, 2.75) is 76.6 Å². The molecule has 5 heteroatoms. The molecule has 3 aliphatic heterocycles. The summed E-state index contributed by atoms with van der Waals surface area (Å²) in [4.78, 5) is 2.67. The van der Waals surface area contributed by atoms with Crippen molar-refractivity contribution < 1.29 is 13.2 Å². The second kappa shape index (κ2) is 6.10. The van der Waals surface area contributed by atoms with E-state index in [-0.39, 0.29) is 0 Å². The van der Waals surface area contributed by atoms with Crippen molar-refractivity contribution in [2.75, 3.05) is 6.54 Å². The number of halogens is 3. The molecule has 3 heterocycles. The highest BCUT2D eigenvalue weighted by Gasteiger charge is 2.49. The van der Waals surface area contributed by atoms with Crippen molar-refractivity contribution in [3.05, 3.63) is 11.6 Å². The molecule has 0 N–H and O–H groups in total. The van der Waals surface area contributed by atoms with Crippen LogP contribution in [0.3, 0.4) is 0 Å². The summed E-state index contributed by atoms with van der Waals surface area (Å²) in [6.45, 7) is 5.72. The van der Waals surface area contributed by atoms with E-state index in [1.165, 1.54) is 38.2 Å². The molecular weight excluding hydrogens is 301 g/mol. The molecule has 0 spiro atoms. The van der Waals surface area contributed by atoms with E-state index < -0.39 is 11.7 Å². The van der Waals surface area contributed by atoms with Gasteiger partial charge in [0.1, 0.15) is 5.57 Å². The SMILES string of the molecule is CC(C)CC12CCCN1C(CCC1=[N+]=CC(C(F)(F)F)=C1)CC2. The zero-order valence-electron chi connectivity index (χ0n) is 14.0. The third-order valence-electron chi connectivity index (χ3n) is 5.57. The zero-order valence-corrected chi connectivity index (χ0v) is 14.0. The fourth-order valence-electron chi connectivity index (χ4n) is 4.78. The van der Waals surface area contributed by atoms with Crippen LogP contribution in [0, 0.1) is 5.92 Å². The lowest BCUT2D eigenvalue weighted by Crippen LogP contribution is -2.43. The average molecular weight is 327 g/mol. The third kappa shape index (κ3) is 3.41. The number of hydrogen-bond donors (Lipinski definition) is 0. The van der Waals surface area contributed by atoms with Crippen LogP contribution in [0.5, 0.6) is 0 Å². The highest BCUT2D eigenvalue weighted by Crippen LogP contribution is 2.47. The highest BCUT2D eigenvalue weighted by atomic mass is 19.4. The monoisotopic (exact) mass is 327 g/mol. The van der Waals surface area contributed by atoms with E-state index in [0.717, 1.165) is 19.2 Å². The lowest BCUT2D eigenvalue weighted by Gasteiger charge is -2.36. The maximum absolute atomic E-state index is 12.6. The smallest absolute Gasteiger partial charge is 0.295 e. The first-order chi connectivity index (χ1) is 10.8. The molecule has 0 aliphatic carbocycles. The van der Waals surface area contributed by atoms with Crippen molar-refractivity contribution in [3.8, 4) is 0 Å². The van der Waals surface area contributed by atoms with Gasteiger partial charge in [0.2, 0.25) is 0 Å². The highest BCUT2D eigenvalue weighted by molar-refractivity contribution is 6.06. The Hall–Kier alpha value is -1.06. The van der Waals surface area contributed by atoms with E-state index in [2.05, 4.69) is 23.4 Å². The zero-order chi connectivity index (χ0) is 16.7. The van der Waals surface area contributed by atoms with Crippen molar-refractivity contribution in [1.82, 2.24) is 9.57 Å². The maximum Gasteiger partial charge on any atom is 0.423 e. The van der Waals surface area contributed by atoms with Crippen LogP contribution in [0.2, 0.25) is 0 Å². The molecule has 0 aromatic rings. The first kappa shape index (κ1) is 16.8. The van der Waals surface area contributed by atoms with Gasteiger partial charge >= 0.3 is 18.1 Å². The van der Waals surface area contributed by atoms with Gasteiger partial charge in [-0.3, -0.25) is 4.90 Å². The summed E-state index contributed by atoms with van der Waals surface area (Å²) in [6.07, 6.45) is 5.69. The summed E-state index contributed by atoms with van der Waals surface area (Å²) in [5, 5.41) is 0. The summed E-state index contributed by atoms with van der Waals surface area (Å²) in [5.41, 5.74) is 0.335. The van der Waals surface area contributed by atoms with Gasteiger partial charge in [0.25, 0.3) is 0 Å². The van der Waals surface area contributed by atoms with E-state index in [4.69, 9.17) is 0 Å². The summed E-state index contributed by atoms with van der Waals surface area (Å²) in [5.74, 6) is 0.695. The van der Waals surface area contributed by atoms with Gasteiger partial charge in [0.15, 0.2) is 0 Å². The molecule has 2 unspecified atom stereocenters. The van der Waals surface area contributed by atoms with Gasteiger partial charge in [-0.25, -0.2) is 0 Å². The van der Waals surface area contributed by atoms with Crippen LogP contribution in [-0.4, -0.2) is 41.1 Å². The number of alkyl halides is 3. The first-order valence-corrected chi connectivity index (χ1v) is 8.76. The van der Waals surface area contributed by atoms with Crippen molar-refractivity contribution in [3.63, 3.8) is 0 Å². The lowest BCUT2D eigenvalue weighted by atomic mass is 9.85. The molecule has 0 saturated carbocycles. The van der Waals surface area contributed by atoms with Gasteiger partial charge in [0, 0.05) is 17.7 Å². The Labute approximate surface area is 136 Å². The van der Waals surface area contributed by atoms with Crippen LogP contribution >= 0.6 is 0 Å². The molecule has 23 heavy (non-hydrogen) atoms. The van der Waals surface area contributed by atoms with Crippen molar-refractivity contribution in [1.29, 1.82) is 0 Å². The Balaban J connectivity index is 1.59. The minimum absolute atomic E-state index is 0.370. The predicted octanol–water partition coefficient (Wildman–Crippen LogP) is 3.89. The molecule has 0 aromatic heterocycles. The molecule has 0 radical (unpaired) electrons. The van der Waals surface area contributed by atoms with Crippen LogP contribution < -0.4 is 4.67 Å². The largest absolute Gasteiger partial charge is 0.423 e. The molecule has 2 atom stereocenters. The van der Waals surface area contributed by atoms with Gasteiger partial charge in [-0.05, 0) is 51.0 Å². The summed E-state index contributed by atoms with van der Waals surface area (Å²) < 4.78 is 41.9. The van der Waals surface area contributed by atoms with Crippen LogP contribution in [0.25, 0.3) is 0 Å². The second-order valence-corrected chi connectivity index (χ2v) is 7.70. The third-order valence-corrected chi connectivity index (χ3v) is 5.57. The Bertz CT molecular complexity index is 555. The van der Waals surface area contributed by atoms with Gasteiger partial charge < -0.3 is 0 Å². The fraction of sp³-hybridized carbons (Fsp3) is 0.778. The predicted molar refractivity (Wildman–Crippen MR) is 87.7 cm³/mol. The normalized spacial score (nSPS) is 31.0. The van der Waals surface area contributed by atoms with Crippen LogP contribution in [-0.2, 0) is 0 Å². The molecule has 2 fully saturated rings. The Kier molecular flexibility index (Phi) is 4.45. The van der Waals surface area contributed by atoms with Gasteiger partial charge in [-0.1, -0.05) is 18.5 Å². The van der Waals surface area contributed by atoms with Gasteiger partial charge in [0.05, 0.1) is 6.42 Å². The van der Waals surface area contributed by atoms with E-state index >= 15 is 0 Å². The number of hydrogen-bond acceptors (Lipinski definition) is 1. The standard InChI is InChI=1S/C18H26F3N2/c1-13(2)11-17-7-3-9-23(17)16(6-8-17)5-4-15-10-14(12-22-15)18(19,20)21/h10,12-13,16H,3-9,11H2,1-2H3/q+1. The molecule has 3 aliphatic rings. The van der Waals surface area contributed by atoms with Gasteiger partial charge in [-0.15, -0.1) is 0 Å². The molecule has 2 saturated heterocycles. The number of fused-ring (bicyclic) bond motifs is 1. The molecule has 128 valence electrons. The minimum atomic E-state index is -4.28. The lowest BCUT2D eigenvalue weighted by molar-refractivity contribution is -0.0853. The minimum Gasteiger partial charge on any atom is -0.295 e. The van der Waals surface area contributed by atoms with Crippen LogP contribution in [0.15, 0.2) is 11.6 Å². The molecule has 0 aromatic carbocycles. The number of rotatable bonds is 5. The van der Waals surface area contributed by atoms with E-state index in [1.54, 1.807) is 0 Å². The number of nitrogens with zero attached hydrogens (tertiary/aromatic N) is 2. The maximum atomic E-state index is 12.6. The van der Waals surface area contributed by atoms with Crippen LogP contribution in [0.1, 0.15) is 58.8 Å². The quantitative estimate of drug-likeness (QED) is 0.700. The summed E-state index contributed by atoms with van der Waals surface area (Å²) in [7, 11) is 0. The second-order valence-electron chi connectivity index (χ2n) is 7.70. The molecule has 3 rings (SSSR count). The van der Waals surface area contributed by atoms with Crippen molar-refractivity contribution in [2.24, 2.45) is 5.92 Å². The summed E-state index contributed by atoms with van der Waals surface area (Å²) >= 11 is 0. The fourth-order valence-corrected chi connectivity index (χ4v) is 4.78. The van der Waals surface area contributed by atoms with E-state index in [1.807, 2.05) is 0 Å². The Morgan fingerprint density at radius 2 is 2.13 bits per heavy atom. The topological polar surface area (TPSA) is 17.3 Å². The Morgan fingerprint density at radius 1 is 1.35 bits per heavy atom. The molecular formula is C18H26F3N2+. The first-order valence-electron chi connectivity index (χ1n) is 8.76. The van der Waals surface area contributed by atoms with E-state index in [9.17, 15) is 13.2 Å². The molecule has 0 amide bonds. The van der Waals surface area contributed by atoms with Crippen molar-refractivity contribution >= 4 is 11.9 Å². The molecule has 0 bridgehead atoms. The summed E-state index contributed by atoms with van der Waals surface area (Å²) in [6, 6.07) is 0.516. The Morgan fingerprint density at radius 3 is 2.78 bits per heavy atom. The van der Waals surface area contributed by atoms with E-state index in [0.29, 0.717) is 29.6 Å².